The van der Waals surface area contributed by atoms with Gasteiger partial charge in [0.2, 0.25) is 0 Å². The average Bonchev–Trinajstić information content (AvgIpc) is 2.73. The van der Waals surface area contributed by atoms with Crippen LogP contribution in [0.5, 0.6) is 0 Å². The van der Waals surface area contributed by atoms with Crippen molar-refractivity contribution in [3.05, 3.63) is 21.3 Å². The summed E-state index contributed by atoms with van der Waals surface area (Å²) < 4.78 is 5.17. The summed E-state index contributed by atoms with van der Waals surface area (Å²) in [4.78, 5) is 3.83. The van der Waals surface area contributed by atoms with Gasteiger partial charge in [-0.1, -0.05) is 11.6 Å². The zero-order valence-electron chi connectivity index (χ0n) is 10.3. The molecule has 4 heteroatoms. The summed E-state index contributed by atoms with van der Waals surface area (Å²) in [5, 5.41) is 3.00. The standard InChI is InChI=1S/C13H20ClNOS/c1-16-7-4-11-3-2-6-15(9-11)10-13-12(14)5-8-17-13/h5,8,11H,2-4,6-7,9-10H2,1H3. The average molecular weight is 274 g/mol. The topological polar surface area (TPSA) is 12.5 Å². The van der Waals surface area contributed by atoms with Crippen LogP contribution in [0.15, 0.2) is 11.4 Å². The van der Waals surface area contributed by atoms with Gasteiger partial charge in [-0.05, 0) is 43.2 Å². The lowest BCUT2D eigenvalue weighted by Gasteiger charge is -2.32. The van der Waals surface area contributed by atoms with Crippen molar-refractivity contribution in [1.29, 1.82) is 0 Å². The first-order valence-corrected chi connectivity index (χ1v) is 7.48. The fraction of sp³-hybridized carbons (Fsp3) is 0.692. The summed E-state index contributed by atoms with van der Waals surface area (Å²) in [6.07, 6.45) is 3.83. The van der Waals surface area contributed by atoms with Crippen molar-refractivity contribution in [3.8, 4) is 0 Å². The summed E-state index contributed by atoms with van der Waals surface area (Å²) in [7, 11) is 1.78. The van der Waals surface area contributed by atoms with Crippen molar-refractivity contribution < 1.29 is 4.74 Å². The van der Waals surface area contributed by atoms with Crippen molar-refractivity contribution >= 4 is 22.9 Å². The highest BCUT2D eigenvalue weighted by atomic mass is 35.5. The van der Waals surface area contributed by atoms with Crippen molar-refractivity contribution in [2.45, 2.75) is 25.8 Å². The number of methoxy groups -OCH3 is 1. The molecule has 0 spiro atoms. The largest absolute Gasteiger partial charge is 0.385 e. The maximum atomic E-state index is 6.14. The predicted molar refractivity (Wildman–Crippen MR) is 73.8 cm³/mol. The lowest BCUT2D eigenvalue weighted by Crippen LogP contribution is -2.35. The Morgan fingerprint density at radius 2 is 2.47 bits per heavy atom. The molecule has 1 aromatic rings. The van der Waals surface area contributed by atoms with Crippen molar-refractivity contribution in [3.63, 3.8) is 0 Å². The Kier molecular flexibility index (Phi) is 5.29. The Morgan fingerprint density at radius 1 is 1.59 bits per heavy atom. The van der Waals surface area contributed by atoms with Gasteiger partial charge in [-0.2, -0.15) is 0 Å². The zero-order chi connectivity index (χ0) is 12.1. The van der Waals surface area contributed by atoms with Crippen LogP contribution in [0.4, 0.5) is 0 Å². The van der Waals surface area contributed by atoms with E-state index in [0.29, 0.717) is 0 Å². The number of hydrogen-bond acceptors (Lipinski definition) is 3. The van der Waals surface area contributed by atoms with E-state index in [9.17, 15) is 0 Å². The highest BCUT2D eigenvalue weighted by Gasteiger charge is 2.20. The van der Waals surface area contributed by atoms with Gasteiger partial charge in [-0.15, -0.1) is 11.3 Å². The van der Waals surface area contributed by atoms with Crippen LogP contribution in [-0.2, 0) is 11.3 Å². The normalized spacial score (nSPS) is 21.9. The summed E-state index contributed by atoms with van der Waals surface area (Å²) in [6, 6.07) is 1.99. The van der Waals surface area contributed by atoms with E-state index >= 15 is 0 Å². The summed E-state index contributed by atoms with van der Waals surface area (Å²) in [6.45, 7) is 4.30. The second-order valence-corrected chi connectivity index (χ2v) is 6.12. The Morgan fingerprint density at radius 3 is 3.18 bits per heavy atom. The van der Waals surface area contributed by atoms with Crippen LogP contribution in [-0.4, -0.2) is 31.7 Å². The molecule has 0 amide bonds. The fourth-order valence-electron chi connectivity index (χ4n) is 2.46. The van der Waals surface area contributed by atoms with Gasteiger partial charge >= 0.3 is 0 Å². The fourth-order valence-corrected chi connectivity index (χ4v) is 3.59. The van der Waals surface area contributed by atoms with Crippen molar-refractivity contribution in [2.24, 2.45) is 5.92 Å². The Balaban J connectivity index is 1.83. The van der Waals surface area contributed by atoms with Crippen molar-refractivity contribution in [2.75, 3.05) is 26.8 Å². The number of nitrogens with zero attached hydrogens (tertiary/aromatic N) is 1. The smallest absolute Gasteiger partial charge is 0.0558 e. The number of ether oxygens (including phenoxy) is 1. The quantitative estimate of drug-likeness (QED) is 0.812. The van der Waals surface area contributed by atoms with Gasteiger partial charge in [0.1, 0.15) is 0 Å². The molecule has 0 aliphatic carbocycles. The predicted octanol–water partition coefficient (Wildman–Crippen LogP) is 3.65. The molecule has 0 aromatic carbocycles. The van der Waals surface area contributed by atoms with Crippen molar-refractivity contribution in [1.82, 2.24) is 4.90 Å². The van der Waals surface area contributed by atoms with Crippen LogP contribution < -0.4 is 0 Å². The van der Waals surface area contributed by atoms with Gasteiger partial charge in [0.15, 0.2) is 0 Å². The first-order chi connectivity index (χ1) is 8.29. The molecule has 1 aromatic heterocycles. The molecule has 0 bridgehead atoms. The summed E-state index contributed by atoms with van der Waals surface area (Å²) >= 11 is 7.91. The molecular formula is C13H20ClNOS. The third-order valence-corrected chi connectivity index (χ3v) is 4.76. The van der Waals surface area contributed by atoms with Crippen LogP contribution in [0, 0.1) is 5.92 Å². The number of piperidine rings is 1. The molecule has 2 nitrogen and oxygen atoms in total. The van der Waals surface area contributed by atoms with E-state index in [-0.39, 0.29) is 0 Å². The lowest BCUT2D eigenvalue weighted by atomic mass is 9.95. The molecule has 1 aliphatic heterocycles. The third kappa shape index (κ3) is 3.95. The van der Waals surface area contributed by atoms with E-state index in [4.69, 9.17) is 16.3 Å². The molecule has 17 heavy (non-hydrogen) atoms. The number of likely N-dealkylation sites (tertiary alicyclic amines) is 1. The minimum Gasteiger partial charge on any atom is -0.385 e. The van der Waals surface area contributed by atoms with Crippen LogP contribution >= 0.6 is 22.9 Å². The number of halogens is 1. The van der Waals surface area contributed by atoms with E-state index in [1.807, 2.05) is 6.07 Å². The molecule has 1 atom stereocenters. The van der Waals surface area contributed by atoms with Gasteiger partial charge in [-0.25, -0.2) is 0 Å². The van der Waals surface area contributed by atoms with E-state index in [2.05, 4.69) is 10.3 Å². The number of hydrogen-bond donors (Lipinski definition) is 0. The number of thiophene rings is 1. The van der Waals surface area contributed by atoms with E-state index in [0.717, 1.165) is 24.1 Å². The Hall–Kier alpha value is -0.0900. The molecule has 0 saturated carbocycles. The van der Waals surface area contributed by atoms with Crippen LogP contribution in [0.25, 0.3) is 0 Å². The molecule has 1 saturated heterocycles. The second-order valence-electron chi connectivity index (χ2n) is 4.72. The van der Waals surface area contributed by atoms with E-state index in [1.165, 1.54) is 37.2 Å². The molecule has 0 N–H and O–H groups in total. The first-order valence-electron chi connectivity index (χ1n) is 6.22. The Bertz CT molecular complexity index is 342. The molecule has 0 radical (unpaired) electrons. The second kappa shape index (κ2) is 6.74. The highest BCUT2D eigenvalue weighted by molar-refractivity contribution is 7.10. The number of rotatable bonds is 5. The minimum atomic E-state index is 0.794. The lowest BCUT2D eigenvalue weighted by molar-refractivity contribution is 0.124. The zero-order valence-corrected chi connectivity index (χ0v) is 11.9. The van der Waals surface area contributed by atoms with Crippen LogP contribution in [0.3, 0.4) is 0 Å². The van der Waals surface area contributed by atoms with E-state index < -0.39 is 0 Å². The van der Waals surface area contributed by atoms with Gasteiger partial charge in [0.25, 0.3) is 0 Å². The maximum Gasteiger partial charge on any atom is 0.0558 e. The molecule has 96 valence electrons. The molecule has 1 aliphatic rings. The van der Waals surface area contributed by atoms with Gasteiger partial charge in [0, 0.05) is 31.7 Å². The molecule has 1 unspecified atom stereocenters. The highest BCUT2D eigenvalue weighted by Crippen LogP contribution is 2.26. The molecular weight excluding hydrogens is 254 g/mol. The Labute approximate surface area is 113 Å². The van der Waals surface area contributed by atoms with Gasteiger partial charge in [0.05, 0.1) is 5.02 Å². The van der Waals surface area contributed by atoms with Gasteiger partial charge in [-0.3, -0.25) is 4.90 Å². The maximum absolute atomic E-state index is 6.14. The molecule has 2 rings (SSSR count). The SMILES string of the molecule is COCCC1CCCN(Cc2sccc2Cl)C1. The first kappa shape index (κ1) is 13.3. The van der Waals surface area contributed by atoms with E-state index in [1.54, 1.807) is 18.4 Å². The third-order valence-electron chi connectivity index (χ3n) is 3.39. The monoisotopic (exact) mass is 273 g/mol. The minimum absolute atomic E-state index is 0.794. The van der Waals surface area contributed by atoms with Crippen LogP contribution in [0.2, 0.25) is 5.02 Å². The van der Waals surface area contributed by atoms with Crippen LogP contribution in [0.1, 0.15) is 24.1 Å². The van der Waals surface area contributed by atoms with Gasteiger partial charge < -0.3 is 4.74 Å². The molecule has 2 heterocycles. The summed E-state index contributed by atoms with van der Waals surface area (Å²) in [5.41, 5.74) is 0. The molecule has 1 fully saturated rings. The summed E-state index contributed by atoms with van der Waals surface area (Å²) in [5.74, 6) is 0.794.